The Morgan fingerprint density at radius 3 is 2.47 bits per heavy atom. The molecule has 0 aliphatic carbocycles. The van der Waals surface area contributed by atoms with Crippen molar-refractivity contribution < 1.29 is 4.79 Å². The molecule has 1 fully saturated rings. The third-order valence-corrected chi connectivity index (χ3v) is 3.19. The fourth-order valence-corrected chi connectivity index (χ4v) is 1.81. The molecule has 3 nitrogen and oxygen atoms in total. The summed E-state index contributed by atoms with van der Waals surface area (Å²) in [4.78, 5) is 12.0. The molecule has 0 spiro atoms. The van der Waals surface area contributed by atoms with Crippen LogP contribution in [0.3, 0.4) is 0 Å². The smallest absolute Gasteiger partial charge is 0.247 e. The Labute approximate surface area is 102 Å². The summed E-state index contributed by atoms with van der Waals surface area (Å²) in [6, 6.07) is 10.0. The summed E-state index contributed by atoms with van der Waals surface area (Å²) in [5.41, 5.74) is 3.19. The Bertz CT molecular complexity index is 431. The molecule has 0 bridgehead atoms. The molecule has 1 heterocycles. The minimum atomic E-state index is 0.0397. The van der Waals surface area contributed by atoms with Crippen molar-refractivity contribution in [2.75, 3.05) is 13.1 Å². The summed E-state index contributed by atoms with van der Waals surface area (Å²) in [5, 5.41) is 6.16. The maximum Gasteiger partial charge on any atom is 0.247 e. The van der Waals surface area contributed by atoms with E-state index in [1.165, 1.54) is 5.57 Å². The molecule has 1 aliphatic rings. The average molecular weight is 230 g/mol. The van der Waals surface area contributed by atoms with Crippen molar-refractivity contribution >= 4 is 5.91 Å². The highest BCUT2D eigenvalue weighted by molar-refractivity contribution is 5.94. The first-order valence-electron chi connectivity index (χ1n) is 5.93. The lowest BCUT2D eigenvalue weighted by atomic mass is 10.0. The fourth-order valence-electron chi connectivity index (χ4n) is 1.81. The topological polar surface area (TPSA) is 41.1 Å². The monoisotopic (exact) mass is 230 g/mol. The van der Waals surface area contributed by atoms with E-state index in [0.717, 1.165) is 24.2 Å². The number of benzene rings is 1. The lowest BCUT2D eigenvalue weighted by Gasteiger charge is -2.22. The quantitative estimate of drug-likeness (QED) is 0.777. The van der Waals surface area contributed by atoms with Crippen LogP contribution in [0.4, 0.5) is 0 Å². The van der Waals surface area contributed by atoms with Gasteiger partial charge in [0.25, 0.3) is 0 Å². The third-order valence-electron chi connectivity index (χ3n) is 3.19. The summed E-state index contributed by atoms with van der Waals surface area (Å²) in [6.07, 6.45) is 0. The first kappa shape index (κ1) is 11.9. The fraction of sp³-hybridized carbons (Fsp3) is 0.357. The molecule has 1 aromatic rings. The van der Waals surface area contributed by atoms with E-state index in [4.69, 9.17) is 0 Å². The Morgan fingerprint density at radius 1 is 1.29 bits per heavy atom. The molecule has 1 amide bonds. The van der Waals surface area contributed by atoms with Crippen LogP contribution in [0.15, 0.2) is 41.5 Å². The standard InChI is InChI=1S/C14H18N2O/c1-10(13-8-15-9-13)14(17)16-11(2)12-6-4-3-5-7-12/h3-7,11,15H,8-9H2,1-2H3,(H,16,17). The Kier molecular flexibility index (Phi) is 3.59. The van der Waals surface area contributed by atoms with E-state index in [-0.39, 0.29) is 11.9 Å². The molecular weight excluding hydrogens is 212 g/mol. The first-order valence-corrected chi connectivity index (χ1v) is 5.93. The molecule has 1 aromatic carbocycles. The highest BCUT2D eigenvalue weighted by Crippen LogP contribution is 2.14. The highest BCUT2D eigenvalue weighted by atomic mass is 16.1. The zero-order chi connectivity index (χ0) is 12.3. The number of hydrogen-bond acceptors (Lipinski definition) is 2. The van der Waals surface area contributed by atoms with Gasteiger partial charge >= 0.3 is 0 Å². The molecular formula is C14H18N2O. The van der Waals surface area contributed by atoms with Crippen molar-refractivity contribution in [1.29, 1.82) is 0 Å². The number of amides is 1. The molecule has 0 aromatic heterocycles. The molecule has 17 heavy (non-hydrogen) atoms. The Hall–Kier alpha value is -1.61. The number of hydrogen-bond donors (Lipinski definition) is 2. The summed E-state index contributed by atoms with van der Waals surface area (Å²) in [7, 11) is 0. The van der Waals surface area contributed by atoms with Crippen molar-refractivity contribution in [3.63, 3.8) is 0 Å². The van der Waals surface area contributed by atoms with Gasteiger partial charge < -0.3 is 10.6 Å². The van der Waals surface area contributed by atoms with Crippen molar-refractivity contribution in [3.8, 4) is 0 Å². The maximum absolute atomic E-state index is 12.0. The highest BCUT2D eigenvalue weighted by Gasteiger charge is 2.17. The molecule has 2 rings (SSSR count). The van der Waals surface area contributed by atoms with Gasteiger partial charge in [0.1, 0.15) is 0 Å². The molecule has 1 saturated heterocycles. The lowest BCUT2D eigenvalue weighted by Crippen LogP contribution is -2.38. The van der Waals surface area contributed by atoms with E-state index in [1.807, 2.05) is 44.2 Å². The van der Waals surface area contributed by atoms with Crippen LogP contribution >= 0.6 is 0 Å². The molecule has 90 valence electrons. The van der Waals surface area contributed by atoms with Crippen molar-refractivity contribution in [3.05, 3.63) is 47.0 Å². The second-order valence-corrected chi connectivity index (χ2v) is 4.44. The number of nitrogens with one attached hydrogen (secondary N) is 2. The predicted octanol–water partition coefficient (Wildman–Crippen LogP) is 1.78. The van der Waals surface area contributed by atoms with Crippen LogP contribution in [0, 0.1) is 0 Å². The van der Waals surface area contributed by atoms with Crippen molar-refractivity contribution in [2.45, 2.75) is 19.9 Å². The summed E-state index contributed by atoms with van der Waals surface area (Å²) in [6.45, 7) is 5.59. The van der Waals surface area contributed by atoms with Crippen molar-refractivity contribution in [2.24, 2.45) is 0 Å². The first-order chi connectivity index (χ1) is 8.18. The second kappa shape index (κ2) is 5.15. The summed E-state index contributed by atoms with van der Waals surface area (Å²) >= 11 is 0. The van der Waals surface area contributed by atoms with Crippen LogP contribution in [0.2, 0.25) is 0 Å². The molecule has 1 atom stereocenters. The Balaban J connectivity index is 1.99. The predicted molar refractivity (Wildman–Crippen MR) is 68.6 cm³/mol. The van der Waals surface area contributed by atoms with E-state index < -0.39 is 0 Å². The van der Waals surface area contributed by atoms with Gasteiger partial charge in [0.05, 0.1) is 6.04 Å². The molecule has 2 N–H and O–H groups in total. The van der Waals surface area contributed by atoms with Gasteiger partial charge in [-0.3, -0.25) is 4.79 Å². The minimum absolute atomic E-state index is 0.0397. The van der Waals surface area contributed by atoms with E-state index >= 15 is 0 Å². The van der Waals surface area contributed by atoms with Crippen LogP contribution < -0.4 is 10.6 Å². The number of carbonyl (C=O) groups excluding carboxylic acids is 1. The minimum Gasteiger partial charge on any atom is -0.346 e. The van der Waals surface area contributed by atoms with Gasteiger partial charge in [-0.2, -0.15) is 0 Å². The van der Waals surface area contributed by atoms with Gasteiger partial charge in [-0.25, -0.2) is 0 Å². The summed E-state index contributed by atoms with van der Waals surface area (Å²) in [5.74, 6) is 0.0397. The van der Waals surface area contributed by atoms with E-state index in [0.29, 0.717) is 0 Å². The Morgan fingerprint density at radius 2 is 1.94 bits per heavy atom. The molecule has 3 heteroatoms. The summed E-state index contributed by atoms with van der Waals surface area (Å²) < 4.78 is 0. The van der Waals surface area contributed by atoms with Gasteiger partial charge in [0.15, 0.2) is 0 Å². The number of carbonyl (C=O) groups is 1. The largest absolute Gasteiger partial charge is 0.346 e. The molecule has 0 saturated carbocycles. The lowest BCUT2D eigenvalue weighted by molar-refractivity contribution is -0.118. The van der Waals surface area contributed by atoms with Crippen LogP contribution in [0.1, 0.15) is 25.5 Å². The van der Waals surface area contributed by atoms with Gasteiger partial charge in [-0.05, 0) is 25.0 Å². The van der Waals surface area contributed by atoms with Gasteiger partial charge in [-0.15, -0.1) is 0 Å². The molecule has 0 radical (unpaired) electrons. The van der Waals surface area contributed by atoms with Gasteiger partial charge in [0.2, 0.25) is 5.91 Å². The van der Waals surface area contributed by atoms with Crippen LogP contribution in [-0.4, -0.2) is 19.0 Å². The van der Waals surface area contributed by atoms with Gasteiger partial charge in [0, 0.05) is 18.7 Å². The maximum atomic E-state index is 12.0. The van der Waals surface area contributed by atoms with Crippen LogP contribution in [0.5, 0.6) is 0 Å². The number of rotatable bonds is 3. The van der Waals surface area contributed by atoms with Crippen LogP contribution in [0.25, 0.3) is 0 Å². The zero-order valence-electron chi connectivity index (χ0n) is 10.3. The van der Waals surface area contributed by atoms with E-state index in [1.54, 1.807) is 0 Å². The van der Waals surface area contributed by atoms with Gasteiger partial charge in [-0.1, -0.05) is 30.3 Å². The normalized spacial score (nSPS) is 16.0. The molecule has 1 aliphatic heterocycles. The third kappa shape index (κ3) is 2.74. The van der Waals surface area contributed by atoms with Crippen molar-refractivity contribution in [1.82, 2.24) is 10.6 Å². The van der Waals surface area contributed by atoms with E-state index in [2.05, 4.69) is 10.6 Å². The van der Waals surface area contributed by atoms with Crippen LogP contribution in [-0.2, 0) is 4.79 Å². The zero-order valence-corrected chi connectivity index (χ0v) is 10.3. The van der Waals surface area contributed by atoms with E-state index in [9.17, 15) is 4.79 Å². The average Bonchev–Trinajstić information content (AvgIpc) is 2.27. The molecule has 1 unspecified atom stereocenters. The second-order valence-electron chi connectivity index (χ2n) is 4.44. The SMILES string of the molecule is CC(C(=O)NC(C)c1ccccc1)=C1CNC1.